The number of rotatable bonds is 7. The van der Waals surface area contributed by atoms with Crippen molar-refractivity contribution in [2.75, 3.05) is 25.7 Å². The molecule has 3 aromatic carbocycles. The van der Waals surface area contributed by atoms with Crippen LogP contribution in [0.1, 0.15) is 16.7 Å². The largest absolute Gasteiger partial charge is 0.493 e. The Morgan fingerprint density at radius 2 is 1.62 bits per heavy atom. The number of thioether (sulfide) groups is 1. The maximum absolute atomic E-state index is 14.4. The number of carbonyl (C=O) groups is 2. The van der Waals surface area contributed by atoms with Gasteiger partial charge in [0.05, 0.1) is 36.9 Å². The van der Waals surface area contributed by atoms with E-state index in [1.165, 1.54) is 15.9 Å². The molecule has 9 heteroatoms. The number of anilines is 1. The minimum atomic E-state index is -0.386. The van der Waals surface area contributed by atoms with E-state index in [0.29, 0.717) is 56.1 Å². The summed E-state index contributed by atoms with van der Waals surface area (Å²) in [5, 5.41) is 0. The third-order valence-corrected chi connectivity index (χ3v) is 7.81. The van der Waals surface area contributed by atoms with Gasteiger partial charge in [-0.25, -0.2) is 4.39 Å². The predicted molar refractivity (Wildman–Crippen MR) is 146 cm³/mol. The van der Waals surface area contributed by atoms with Crippen molar-refractivity contribution in [3.8, 4) is 11.5 Å². The molecule has 0 radical (unpaired) electrons. The van der Waals surface area contributed by atoms with Gasteiger partial charge in [-0.1, -0.05) is 66.4 Å². The lowest BCUT2D eigenvalue weighted by molar-refractivity contribution is -0.122. The molecule has 2 heterocycles. The predicted octanol–water partition coefficient (Wildman–Crippen LogP) is 5.20. The lowest BCUT2D eigenvalue weighted by Crippen LogP contribution is -2.31. The molecule has 2 aliphatic heterocycles. The monoisotopic (exact) mass is 534 g/mol. The summed E-state index contributed by atoms with van der Waals surface area (Å²) in [6.07, 6.45) is 0.541. The molecule has 2 aliphatic rings. The minimum absolute atomic E-state index is 0.0611. The number of hydrogen-bond donors (Lipinski definition) is 0. The van der Waals surface area contributed by atoms with Crippen molar-refractivity contribution < 1.29 is 23.5 Å². The van der Waals surface area contributed by atoms with Gasteiger partial charge in [-0.2, -0.15) is 0 Å². The Morgan fingerprint density at radius 3 is 2.38 bits per heavy atom. The van der Waals surface area contributed by atoms with E-state index in [1.807, 2.05) is 30.3 Å². The fourth-order valence-electron chi connectivity index (χ4n) is 4.47. The summed E-state index contributed by atoms with van der Waals surface area (Å²) in [6.45, 7) is 0.414. The van der Waals surface area contributed by atoms with Crippen LogP contribution in [0.3, 0.4) is 0 Å². The van der Waals surface area contributed by atoms with Crippen LogP contribution in [0.25, 0.3) is 5.57 Å². The van der Waals surface area contributed by atoms with Gasteiger partial charge in [0.2, 0.25) is 0 Å². The van der Waals surface area contributed by atoms with Crippen LogP contribution in [-0.2, 0) is 22.6 Å². The van der Waals surface area contributed by atoms with Gasteiger partial charge >= 0.3 is 0 Å². The molecular formula is C28H23FN2O4S2. The molecule has 0 aliphatic carbocycles. The zero-order valence-corrected chi connectivity index (χ0v) is 21.8. The molecule has 188 valence electrons. The summed E-state index contributed by atoms with van der Waals surface area (Å²) < 4.78 is 25.4. The van der Waals surface area contributed by atoms with Crippen LogP contribution in [0.4, 0.5) is 10.1 Å². The van der Waals surface area contributed by atoms with Gasteiger partial charge in [0, 0.05) is 17.7 Å². The van der Waals surface area contributed by atoms with Gasteiger partial charge in [0.15, 0.2) is 11.5 Å². The van der Waals surface area contributed by atoms with Gasteiger partial charge < -0.3 is 14.4 Å². The number of benzene rings is 3. The van der Waals surface area contributed by atoms with Gasteiger partial charge in [-0.3, -0.25) is 14.5 Å². The van der Waals surface area contributed by atoms with Crippen LogP contribution in [0.5, 0.6) is 11.5 Å². The molecule has 1 saturated heterocycles. The van der Waals surface area contributed by atoms with Crippen molar-refractivity contribution >= 4 is 51.4 Å². The number of hydrogen-bond acceptors (Lipinski definition) is 6. The zero-order valence-electron chi connectivity index (χ0n) is 20.2. The highest BCUT2D eigenvalue weighted by Crippen LogP contribution is 2.45. The Kier molecular flexibility index (Phi) is 6.99. The molecule has 6 nitrogen and oxygen atoms in total. The average Bonchev–Trinajstić information content (AvgIpc) is 3.35. The normalized spacial score (nSPS) is 17.0. The molecule has 0 unspecified atom stereocenters. The Balaban J connectivity index is 1.42. The highest BCUT2D eigenvalue weighted by Gasteiger charge is 2.42. The molecule has 37 heavy (non-hydrogen) atoms. The Labute approximate surface area is 223 Å². The second-order valence-corrected chi connectivity index (χ2v) is 10.1. The smallest absolute Gasteiger partial charge is 0.267 e. The fourth-order valence-corrected chi connectivity index (χ4v) is 5.85. The lowest BCUT2D eigenvalue weighted by atomic mass is 10.1. The molecule has 0 aromatic heterocycles. The minimum Gasteiger partial charge on any atom is -0.493 e. The second-order valence-electron chi connectivity index (χ2n) is 8.47. The first-order chi connectivity index (χ1) is 17.9. The van der Waals surface area contributed by atoms with E-state index in [4.69, 9.17) is 21.7 Å². The Hall–Kier alpha value is -3.69. The fraction of sp³-hybridized carbons (Fsp3) is 0.179. The third-order valence-electron chi connectivity index (χ3n) is 6.36. The first-order valence-corrected chi connectivity index (χ1v) is 12.8. The number of fused-ring (bicyclic) bond motifs is 1. The van der Waals surface area contributed by atoms with Crippen molar-refractivity contribution in [3.63, 3.8) is 0 Å². The molecule has 0 saturated carbocycles. The highest BCUT2D eigenvalue weighted by molar-refractivity contribution is 8.26. The van der Waals surface area contributed by atoms with Gasteiger partial charge in [0.25, 0.3) is 11.8 Å². The number of methoxy groups -OCH3 is 2. The lowest BCUT2D eigenvalue weighted by Gasteiger charge is -2.17. The van der Waals surface area contributed by atoms with Gasteiger partial charge in [0.1, 0.15) is 10.1 Å². The van der Waals surface area contributed by atoms with Crippen LogP contribution >= 0.6 is 24.0 Å². The first-order valence-electron chi connectivity index (χ1n) is 11.6. The number of para-hydroxylation sites is 1. The number of carbonyl (C=O) groups excluding carboxylic acids is 2. The van der Waals surface area contributed by atoms with Crippen LogP contribution in [0.2, 0.25) is 0 Å². The van der Waals surface area contributed by atoms with Crippen LogP contribution in [-0.4, -0.2) is 41.8 Å². The summed E-state index contributed by atoms with van der Waals surface area (Å²) in [6, 6.07) is 19.2. The van der Waals surface area contributed by atoms with Crippen LogP contribution in [0.15, 0.2) is 71.6 Å². The summed E-state index contributed by atoms with van der Waals surface area (Å²) in [5.74, 6) is 0.199. The van der Waals surface area contributed by atoms with E-state index in [2.05, 4.69) is 0 Å². The summed E-state index contributed by atoms with van der Waals surface area (Å²) >= 11 is 6.67. The van der Waals surface area contributed by atoms with E-state index in [9.17, 15) is 14.0 Å². The van der Waals surface area contributed by atoms with Crippen LogP contribution in [0, 0.1) is 5.82 Å². The van der Waals surface area contributed by atoms with E-state index in [0.717, 1.165) is 17.3 Å². The zero-order chi connectivity index (χ0) is 26.1. The topological polar surface area (TPSA) is 59.1 Å². The Morgan fingerprint density at radius 1 is 0.892 bits per heavy atom. The molecule has 0 bridgehead atoms. The highest BCUT2D eigenvalue weighted by atomic mass is 32.2. The maximum atomic E-state index is 14.4. The number of halogens is 1. The molecule has 3 aromatic rings. The number of nitrogens with zero attached hydrogens (tertiary/aromatic N) is 2. The number of amides is 2. The van der Waals surface area contributed by atoms with E-state index in [1.54, 1.807) is 44.6 Å². The molecular weight excluding hydrogens is 511 g/mol. The second kappa shape index (κ2) is 10.4. The van der Waals surface area contributed by atoms with Crippen molar-refractivity contribution in [2.24, 2.45) is 0 Å². The van der Waals surface area contributed by atoms with E-state index >= 15 is 0 Å². The molecule has 5 rings (SSSR count). The van der Waals surface area contributed by atoms with Gasteiger partial charge in [-0.05, 0) is 36.2 Å². The Bertz CT molecular complexity index is 1460. The SMILES string of the molecule is COc1ccc(CCN2C(=O)/C(=C3/C(=O)N(Cc4ccccc4F)c4ccccc43)SC2=S)cc1OC. The van der Waals surface area contributed by atoms with E-state index in [-0.39, 0.29) is 24.2 Å². The van der Waals surface area contributed by atoms with Gasteiger partial charge in [-0.15, -0.1) is 0 Å². The van der Waals surface area contributed by atoms with Crippen molar-refractivity contribution in [1.82, 2.24) is 4.90 Å². The third kappa shape index (κ3) is 4.60. The molecule has 0 spiro atoms. The average molecular weight is 535 g/mol. The standard InChI is InChI=1S/C28H23FN2O4S2/c1-34-22-12-11-17(15-23(22)35-2)13-14-30-27(33)25(37-28(30)36)24-19-8-4-6-10-21(19)31(26(24)32)16-18-7-3-5-9-20(18)29/h3-12,15H,13-14,16H2,1-2H3/b25-24-. The van der Waals surface area contributed by atoms with Crippen molar-refractivity contribution in [1.29, 1.82) is 0 Å². The van der Waals surface area contributed by atoms with Crippen molar-refractivity contribution in [2.45, 2.75) is 13.0 Å². The summed E-state index contributed by atoms with van der Waals surface area (Å²) in [7, 11) is 3.15. The molecule has 0 atom stereocenters. The van der Waals surface area contributed by atoms with E-state index < -0.39 is 0 Å². The summed E-state index contributed by atoms with van der Waals surface area (Å²) in [4.78, 5) is 30.5. The summed E-state index contributed by atoms with van der Waals surface area (Å²) in [5.41, 5.74) is 2.94. The maximum Gasteiger partial charge on any atom is 0.267 e. The molecule has 0 N–H and O–H groups in total. The quantitative estimate of drug-likeness (QED) is 0.307. The van der Waals surface area contributed by atoms with Crippen molar-refractivity contribution in [3.05, 3.63) is 94.1 Å². The molecule has 2 amide bonds. The first kappa shape index (κ1) is 25.0. The van der Waals surface area contributed by atoms with Crippen LogP contribution < -0.4 is 14.4 Å². The number of ether oxygens (including phenoxy) is 2. The number of thiocarbonyl (C=S) groups is 1. The molecule has 1 fully saturated rings.